The van der Waals surface area contributed by atoms with E-state index in [4.69, 9.17) is 5.73 Å². The Labute approximate surface area is 131 Å². The van der Waals surface area contributed by atoms with E-state index in [0.29, 0.717) is 17.5 Å². The van der Waals surface area contributed by atoms with Crippen molar-refractivity contribution in [2.75, 3.05) is 43.6 Å². The number of hydrogen-bond acceptors (Lipinski definition) is 7. The van der Waals surface area contributed by atoms with Crippen LogP contribution in [0.5, 0.6) is 0 Å². The fourth-order valence-corrected chi connectivity index (χ4v) is 5.56. The fourth-order valence-electron chi connectivity index (χ4n) is 2.80. The van der Waals surface area contributed by atoms with Gasteiger partial charge in [0.25, 0.3) is 0 Å². The van der Waals surface area contributed by atoms with Crippen molar-refractivity contribution >= 4 is 32.2 Å². The number of nitrogens with zero attached hydrogens (tertiary/aromatic N) is 3. The Morgan fingerprint density at radius 1 is 1.52 bits per heavy atom. The maximum atomic E-state index is 12.4. The summed E-state index contributed by atoms with van der Waals surface area (Å²) in [7, 11) is 0.680. The minimum atomic E-state index is -3.35. The summed E-state index contributed by atoms with van der Waals surface area (Å²) in [6.45, 7) is 3.75. The second-order valence-electron chi connectivity index (χ2n) is 5.68. The Hall–Kier alpha value is -0.860. The van der Waals surface area contributed by atoms with Crippen LogP contribution in [0.2, 0.25) is 0 Å². The van der Waals surface area contributed by atoms with Crippen LogP contribution < -0.4 is 10.6 Å². The van der Waals surface area contributed by atoms with Crippen molar-refractivity contribution in [1.29, 1.82) is 0 Å². The Morgan fingerprint density at radius 2 is 2.24 bits per heavy atom. The second-order valence-corrected chi connectivity index (χ2v) is 8.48. The van der Waals surface area contributed by atoms with Gasteiger partial charge in [0, 0.05) is 19.6 Å². The first-order valence-corrected chi connectivity index (χ1v) is 9.68. The van der Waals surface area contributed by atoms with Gasteiger partial charge in [0.05, 0.1) is 5.75 Å². The highest BCUT2D eigenvalue weighted by molar-refractivity contribution is 7.91. The van der Waals surface area contributed by atoms with Crippen LogP contribution in [0.3, 0.4) is 0 Å². The molecule has 2 N–H and O–H groups in total. The van der Waals surface area contributed by atoms with Gasteiger partial charge in [-0.2, -0.15) is 4.37 Å². The number of nitrogen functional groups attached to an aromatic ring is 1. The SMILES string of the molecule is CCCS(=O)(=O)c1c(N)nsc1N(C)CC1CCCN1C. The van der Waals surface area contributed by atoms with Crippen molar-refractivity contribution in [3.8, 4) is 0 Å². The number of anilines is 2. The van der Waals surface area contributed by atoms with E-state index in [-0.39, 0.29) is 16.5 Å². The molecule has 0 saturated carbocycles. The number of nitrogens with two attached hydrogens (primary N) is 1. The lowest BCUT2D eigenvalue weighted by Gasteiger charge is -2.26. The molecule has 1 unspecified atom stereocenters. The quantitative estimate of drug-likeness (QED) is 0.849. The van der Waals surface area contributed by atoms with E-state index in [1.165, 1.54) is 18.0 Å². The third-order valence-electron chi connectivity index (χ3n) is 3.94. The highest BCUT2D eigenvalue weighted by Gasteiger charge is 2.29. The fraction of sp³-hybridized carbons (Fsp3) is 0.769. The van der Waals surface area contributed by atoms with Gasteiger partial charge in [-0.15, -0.1) is 0 Å². The number of sulfone groups is 1. The van der Waals surface area contributed by atoms with Crippen LogP contribution in [0, 0.1) is 0 Å². The van der Waals surface area contributed by atoms with Crippen molar-refractivity contribution in [2.45, 2.75) is 37.1 Å². The van der Waals surface area contributed by atoms with Crippen LogP contribution in [0.25, 0.3) is 0 Å². The molecule has 0 aliphatic carbocycles. The van der Waals surface area contributed by atoms with Crippen LogP contribution in [-0.2, 0) is 9.84 Å². The molecule has 0 spiro atoms. The summed E-state index contributed by atoms with van der Waals surface area (Å²) in [6.07, 6.45) is 2.92. The first kappa shape index (κ1) is 16.5. The lowest BCUT2D eigenvalue weighted by molar-refractivity contribution is 0.314. The van der Waals surface area contributed by atoms with Crippen LogP contribution in [0.15, 0.2) is 4.90 Å². The van der Waals surface area contributed by atoms with E-state index in [2.05, 4.69) is 16.3 Å². The van der Waals surface area contributed by atoms with E-state index in [1.807, 2.05) is 18.9 Å². The normalized spacial score (nSPS) is 20.0. The third-order valence-corrected chi connectivity index (χ3v) is 7.02. The smallest absolute Gasteiger partial charge is 0.185 e. The molecule has 0 aromatic carbocycles. The number of aromatic nitrogens is 1. The molecular formula is C13H24N4O2S2. The number of likely N-dealkylation sites (N-methyl/N-ethyl adjacent to an activating group) is 2. The van der Waals surface area contributed by atoms with E-state index in [9.17, 15) is 8.42 Å². The van der Waals surface area contributed by atoms with E-state index in [0.717, 1.165) is 19.5 Å². The summed E-state index contributed by atoms with van der Waals surface area (Å²) in [5, 5.41) is 0.668. The number of rotatable bonds is 6. The predicted molar refractivity (Wildman–Crippen MR) is 87.8 cm³/mol. The standard InChI is InChI=1S/C13H24N4O2S2/c1-4-8-21(18,19)11-12(14)15-20-13(11)17(3)9-10-6-5-7-16(10)2/h10H,4-9H2,1-3H3,(H2,14,15). The molecule has 1 aliphatic heterocycles. The molecule has 0 bridgehead atoms. The number of likely N-dealkylation sites (tertiary alicyclic amines) is 1. The van der Waals surface area contributed by atoms with Crippen molar-refractivity contribution < 1.29 is 8.42 Å². The first-order valence-electron chi connectivity index (χ1n) is 7.26. The van der Waals surface area contributed by atoms with E-state index in [1.54, 1.807) is 0 Å². The van der Waals surface area contributed by atoms with E-state index >= 15 is 0 Å². The zero-order valence-electron chi connectivity index (χ0n) is 12.9. The van der Waals surface area contributed by atoms with Gasteiger partial charge in [-0.05, 0) is 44.4 Å². The molecule has 1 saturated heterocycles. The summed E-state index contributed by atoms with van der Waals surface area (Å²) in [4.78, 5) is 4.53. The van der Waals surface area contributed by atoms with Crippen LogP contribution in [0.4, 0.5) is 10.8 Å². The molecular weight excluding hydrogens is 308 g/mol. The molecule has 1 fully saturated rings. The zero-order valence-corrected chi connectivity index (χ0v) is 14.5. The van der Waals surface area contributed by atoms with Crippen molar-refractivity contribution in [2.24, 2.45) is 0 Å². The molecule has 2 rings (SSSR count). The molecule has 0 radical (unpaired) electrons. The van der Waals surface area contributed by atoms with Gasteiger partial charge in [0.1, 0.15) is 9.90 Å². The lowest BCUT2D eigenvalue weighted by Crippen LogP contribution is -2.36. The summed E-state index contributed by atoms with van der Waals surface area (Å²) < 4.78 is 28.8. The molecule has 6 nitrogen and oxygen atoms in total. The van der Waals surface area contributed by atoms with Gasteiger partial charge in [-0.3, -0.25) is 0 Å². The Morgan fingerprint density at radius 3 is 2.81 bits per heavy atom. The van der Waals surface area contributed by atoms with Gasteiger partial charge < -0.3 is 15.5 Å². The van der Waals surface area contributed by atoms with Crippen LogP contribution in [-0.4, -0.2) is 56.7 Å². The van der Waals surface area contributed by atoms with Gasteiger partial charge in [0.2, 0.25) is 0 Å². The molecule has 1 aliphatic rings. The Balaban J connectivity index is 2.24. The van der Waals surface area contributed by atoms with Crippen LogP contribution in [0.1, 0.15) is 26.2 Å². The molecule has 8 heteroatoms. The first-order chi connectivity index (χ1) is 9.86. The minimum absolute atomic E-state index is 0.111. The van der Waals surface area contributed by atoms with Crippen molar-refractivity contribution in [1.82, 2.24) is 9.27 Å². The summed E-state index contributed by atoms with van der Waals surface area (Å²) in [6, 6.07) is 0.458. The third kappa shape index (κ3) is 3.49. The van der Waals surface area contributed by atoms with Gasteiger partial charge in [0.15, 0.2) is 15.7 Å². The molecule has 120 valence electrons. The number of hydrogen-bond donors (Lipinski definition) is 1. The largest absolute Gasteiger partial charge is 0.382 e. The molecule has 1 aromatic heterocycles. The summed E-state index contributed by atoms with van der Waals surface area (Å²) >= 11 is 1.17. The molecule has 0 amide bonds. The highest BCUT2D eigenvalue weighted by Crippen LogP contribution is 2.35. The Bertz CT molecular complexity index is 585. The lowest BCUT2D eigenvalue weighted by atomic mass is 10.2. The van der Waals surface area contributed by atoms with Crippen molar-refractivity contribution in [3.63, 3.8) is 0 Å². The van der Waals surface area contributed by atoms with Gasteiger partial charge in [-0.25, -0.2) is 8.42 Å². The zero-order chi connectivity index (χ0) is 15.6. The van der Waals surface area contributed by atoms with Gasteiger partial charge >= 0.3 is 0 Å². The van der Waals surface area contributed by atoms with Crippen molar-refractivity contribution in [3.05, 3.63) is 0 Å². The topological polar surface area (TPSA) is 79.5 Å². The van der Waals surface area contributed by atoms with Gasteiger partial charge in [-0.1, -0.05) is 6.92 Å². The van der Waals surface area contributed by atoms with Crippen LogP contribution >= 0.6 is 11.5 Å². The molecule has 21 heavy (non-hydrogen) atoms. The maximum Gasteiger partial charge on any atom is 0.185 e. The second kappa shape index (κ2) is 6.50. The molecule has 1 atom stereocenters. The maximum absolute atomic E-state index is 12.4. The predicted octanol–water partition coefficient (Wildman–Crippen LogP) is 1.44. The van der Waals surface area contributed by atoms with E-state index < -0.39 is 9.84 Å². The Kier molecular flexibility index (Phi) is 5.11. The summed E-state index contributed by atoms with van der Waals surface area (Å²) in [5.74, 6) is 0.245. The summed E-state index contributed by atoms with van der Waals surface area (Å²) in [5.41, 5.74) is 5.81. The highest BCUT2D eigenvalue weighted by atomic mass is 32.2. The average Bonchev–Trinajstić information content (AvgIpc) is 2.96. The molecule has 1 aromatic rings. The monoisotopic (exact) mass is 332 g/mol. The average molecular weight is 332 g/mol. The minimum Gasteiger partial charge on any atom is -0.382 e. The molecule has 2 heterocycles.